The molecule has 0 spiro atoms. The number of carbonyl (C=O) groups excluding carboxylic acids is 2. The van der Waals surface area contributed by atoms with E-state index in [0.717, 1.165) is 5.56 Å². The number of carbonyl (C=O) groups is 3. The topological polar surface area (TPSA) is 95.5 Å². The average molecular weight is 346 g/mol. The summed E-state index contributed by atoms with van der Waals surface area (Å²) in [5, 5.41) is 13.9. The zero-order chi connectivity index (χ0) is 19.0. The molecule has 136 valence electrons. The van der Waals surface area contributed by atoms with E-state index >= 15 is 0 Å². The van der Waals surface area contributed by atoms with Crippen LogP contribution in [0.25, 0.3) is 0 Å². The van der Waals surface area contributed by atoms with E-state index in [1.807, 2.05) is 12.1 Å². The van der Waals surface area contributed by atoms with Crippen LogP contribution in [0.15, 0.2) is 36.9 Å². The van der Waals surface area contributed by atoms with Crippen molar-refractivity contribution in [2.24, 2.45) is 0 Å². The summed E-state index contributed by atoms with van der Waals surface area (Å²) in [5.41, 5.74) is 1.54. The SMILES string of the molecule is C=CCCC(NC(=O)CNC(=O)c1ccc(C(C)(C)C)cc1)C(=O)O. The minimum absolute atomic E-state index is 0.00776. The van der Waals surface area contributed by atoms with Crippen molar-refractivity contribution in [1.82, 2.24) is 10.6 Å². The van der Waals surface area contributed by atoms with Crippen molar-refractivity contribution in [3.8, 4) is 0 Å². The Balaban J connectivity index is 2.56. The van der Waals surface area contributed by atoms with E-state index in [4.69, 9.17) is 5.11 Å². The number of benzene rings is 1. The van der Waals surface area contributed by atoms with Gasteiger partial charge in [-0.1, -0.05) is 39.0 Å². The molecule has 1 aromatic carbocycles. The van der Waals surface area contributed by atoms with Crippen molar-refractivity contribution in [3.05, 3.63) is 48.0 Å². The summed E-state index contributed by atoms with van der Waals surface area (Å²) in [6.07, 6.45) is 2.32. The molecule has 1 unspecified atom stereocenters. The predicted molar refractivity (Wildman–Crippen MR) is 96.5 cm³/mol. The molecule has 0 saturated carbocycles. The molecule has 1 atom stereocenters. The van der Waals surface area contributed by atoms with Crippen LogP contribution in [0.3, 0.4) is 0 Å². The summed E-state index contributed by atoms with van der Waals surface area (Å²) in [5.74, 6) is -2.04. The maximum atomic E-state index is 12.1. The highest BCUT2D eigenvalue weighted by molar-refractivity contribution is 5.96. The highest BCUT2D eigenvalue weighted by Gasteiger charge is 2.19. The van der Waals surface area contributed by atoms with Gasteiger partial charge in [-0.15, -0.1) is 6.58 Å². The van der Waals surface area contributed by atoms with Crippen molar-refractivity contribution < 1.29 is 19.5 Å². The van der Waals surface area contributed by atoms with Crippen LogP contribution < -0.4 is 10.6 Å². The smallest absolute Gasteiger partial charge is 0.326 e. The third kappa shape index (κ3) is 6.79. The Hall–Kier alpha value is -2.63. The summed E-state index contributed by atoms with van der Waals surface area (Å²) in [4.78, 5) is 35.0. The molecule has 0 fully saturated rings. The van der Waals surface area contributed by atoms with E-state index in [1.54, 1.807) is 18.2 Å². The molecule has 0 radical (unpaired) electrons. The molecule has 0 aliphatic heterocycles. The van der Waals surface area contributed by atoms with E-state index in [0.29, 0.717) is 12.0 Å². The zero-order valence-electron chi connectivity index (χ0n) is 15.0. The summed E-state index contributed by atoms with van der Waals surface area (Å²) >= 11 is 0. The van der Waals surface area contributed by atoms with E-state index in [1.165, 1.54) is 0 Å². The highest BCUT2D eigenvalue weighted by Crippen LogP contribution is 2.22. The number of aliphatic carboxylic acids is 1. The van der Waals surface area contributed by atoms with Crippen molar-refractivity contribution in [1.29, 1.82) is 0 Å². The van der Waals surface area contributed by atoms with Gasteiger partial charge in [-0.25, -0.2) is 4.79 Å². The number of hydrogen-bond donors (Lipinski definition) is 3. The molecule has 1 rings (SSSR count). The number of carboxylic acid groups (broad SMARTS) is 1. The van der Waals surface area contributed by atoms with Gasteiger partial charge in [-0.2, -0.15) is 0 Å². The second-order valence-electron chi connectivity index (χ2n) is 6.83. The fraction of sp³-hybridized carbons (Fsp3) is 0.421. The summed E-state index contributed by atoms with van der Waals surface area (Å²) in [7, 11) is 0. The molecule has 0 bridgehead atoms. The normalized spacial score (nSPS) is 12.1. The molecular formula is C19H26N2O4. The molecule has 0 aliphatic carbocycles. The molecular weight excluding hydrogens is 320 g/mol. The number of hydrogen-bond acceptors (Lipinski definition) is 3. The largest absolute Gasteiger partial charge is 0.480 e. The number of allylic oxidation sites excluding steroid dienone is 1. The second-order valence-corrected chi connectivity index (χ2v) is 6.83. The van der Waals surface area contributed by atoms with Crippen LogP contribution in [0.4, 0.5) is 0 Å². The Kier molecular flexibility index (Phi) is 7.36. The van der Waals surface area contributed by atoms with Crippen LogP contribution in [-0.2, 0) is 15.0 Å². The standard InChI is InChI=1S/C19H26N2O4/c1-5-6-7-15(18(24)25)21-16(22)12-20-17(23)13-8-10-14(11-9-13)19(2,3)4/h5,8-11,15H,1,6-7,12H2,2-4H3,(H,20,23)(H,21,22)(H,24,25). The van der Waals surface area contributed by atoms with Crippen LogP contribution in [0.2, 0.25) is 0 Å². The van der Waals surface area contributed by atoms with Gasteiger partial charge in [0.25, 0.3) is 5.91 Å². The lowest BCUT2D eigenvalue weighted by Gasteiger charge is -2.19. The molecule has 0 heterocycles. The lowest BCUT2D eigenvalue weighted by molar-refractivity contribution is -0.141. The van der Waals surface area contributed by atoms with Crippen LogP contribution in [-0.4, -0.2) is 35.5 Å². The third-order valence-electron chi connectivity index (χ3n) is 3.72. The molecule has 25 heavy (non-hydrogen) atoms. The van der Waals surface area contributed by atoms with E-state index < -0.39 is 17.9 Å². The minimum atomic E-state index is -1.11. The van der Waals surface area contributed by atoms with Crippen molar-refractivity contribution in [3.63, 3.8) is 0 Å². The first-order chi connectivity index (χ1) is 11.6. The van der Waals surface area contributed by atoms with Gasteiger partial charge in [0.1, 0.15) is 6.04 Å². The highest BCUT2D eigenvalue weighted by atomic mass is 16.4. The maximum absolute atomic E-state index is 12.1. The minimum Gasteiger partial charge on any atom is -0.480 e. The monoisotopic (exact) mass is 346 g/mol. The van der Waals surface area contributed by atoms with Crippen LogP contribution in [0.5, 0.6) is 0 Å². The van der Waals surface area contributed by atoms with Gasteiger partial charge in [-0.3, -0.25) is 9.59 Å². The van der Waals surface area contributed by atoms with Crippen molar-refractivity contribution >= 4 is 17.8 Å². The Labute approximate surface area is 148 Å². The Morgan fingerprint density at radius 2 is 1.80 bits per heavy atom. The maximum Gasteiger partial charge on any atom is 0.326 e. The van der Waals surface area contributed by atoms with E-state index in [9.17, 15) is 14.4 Å². The Morgan fingerprint density at radius 1 is 1.20 bits per heavy atom. The Bertz CT molecular complexity index is 630. The van der Waals surface area contributed by atoms with Crippen molar-refractivity contribution in [2.45, 2.75) is 45.1 Å². The lowest BCUT2D eigenvalue weighted by atomic mass is 9.87. The van der Waals surface area contributed by atoms with Crippen LogP contribution in [0, 0.1) is 0 Å². The number of nitrogens with one attached hydrogen (secondary N) is 2. The number of carboxylic acids is 1. The first-order valence-corrected chi connectivity index (χ1v) is 8.17. The van der Waals surface area contributed by atoms with Gasteiger partial charge in [0.2, 0.25) is 5.91 Å². The fourth-order valence-electron chi connectivity index (χ4n) is 2.17. The quantitative estimate of drug-likeness (QED) is 0.629. The van der Waals surface area contributed by atoms with Crippen molar-refractivity contribution in [2.75, 3.05) is 6.54 Å². The molecule has 3 N–H and O–H groups in total. The molecule has 6 nitrogen and oxygen atoms in total. The Morgan fingerprint density at radius 3 is 2.28 bits per heavy atom. The first kappa shape index (κ1) is 20.4. The van der Waals surface area contributed by atoms with Gasteiger partial charge < -0.3 is 15.7 Å². The van der Waals surface area contributed by atoms with Crippen LogP contribution >= 0.6 is 0 Å². The fourth-order valence-corrected chi connectivity index (χ4v) is 2.17. The summed E-state index contributed by atoms with van der Waals surface area (Å²) < 4.78 is 0. The lowest BCUT2D eigenvalue weighted by Crippen LogP contribution is -2.45. The predicted octanol–water partition coefficient (Wildman–Crippen LogP) is 2.25. The van der Waals surface area contributed by atoms with Gasteiger partial charge in [0.05, 0.1) is 6.54 Å². The third-order valence-corrected chi connectivity index (χ3v) is 3.72. The van der Waals surface area contributed by atoms with Gasteiger partial charge >= 0.3 is 5.97 Å². The number of amides is 2. The molecule has 0 aromatic heterocycles. The summed E-state index contributed by atoms with van der Waals surface area (Å²) in [6, 6.07) is 6.18. The molecule has 0 saturated heterocycles. The number of rotatable bonds is 8. The molecule has 0 aliphatic rings. The first-order valence-electron chi connectivity index (χ1n) is 8.17. The zero-order valence-corrected chi connectivity index (χ0v) is 15.0. The van der Waals surface area contributed by atoms with E-state index in [2.05, 4.69) is 38.0 Å². The average Bonchev–Trinajstić information content (AvgIpc) is 2.55. The second kappa shape index (κ2) is 9.01. The molecule has 2 amide bonds. The summed E-state index contributed by atoms with van der Waals surface area (Å²) in [6.45, 7) is 9.49. The van der Waals surface area contributed by atoms with E-state index in [-0.39, 0.29) is 24.3 Å². The van der Waals surface area contributed by atoms with Gasteiger partial charge in [-0.05, 0) is 36.0 Å². The molecule has 6 heteroatoms. The van der Waals surface area contributed by atoms with Gasteiger partial charge in [0, 0.05) is 5.56 Å². The van der Waals surface area contributed by atoms with Gasteiger partial charge in [0.15, 0.2) is 0 Å². The molecule has 1 aromatic rings. The van der Waals surface area contributed by atoms with Crippen LogP contribution in [0.1, 0.15) is 49.5 Å².